The zero-order valence-corrected chi connectivity index (χ0v) is 12.2. The molecule has 0 unspecified atom stereocenters. The van der Waals surface area contributed by atoms with Crippen LogP contribution in [0.3, 0.4) is 0 Å². The molecule has 1 fully saturated rings. The van der Waals surface area contributed by atoms with Crippen LogP contribution in [0.15, 0.2) is 34.9 Å². The van der Waals surface area contributed by atoms with E-state index in [1.165, 1.54) is 0 Å². The van der Waals surface area contributed by atoms with Crippen LogP contribution in [0.4, 0.5) is 0 Å². The van der Waals surface area contributed by atoms with Crippen molar-refractivity contribution < 1.29 is 14.1 Å². The number of carbonyl (C=O) groups is 1. The second kappa shape index (κ2) is 5.60. The minimum atomic E-state index is -0.0964. The molecule has 3 rings (SSSR count). The van der Waals surface area contributed by atoms with Gasteiger partial charge in [0.05, 0.1) is 18.8 Å². The number of likely N-dealkylation sites (tertiary alicyclic amines) is 1. The Kier molecular flexibility index (Phi) is 3.64. The lowest BCUT2D eigenvalue weighted by molar-refractivity contribution is 0.0693. The van der Waals surface area contributed by atoms with Crippen LogP contribution in [0.1, 0.15) is 40.7 Å². The average Bonchev–Trinajstić information content (AvgIpc) is 3.15. The number of methoxy groups -OCH3 is 1. The number of hydrogen-bond donors (Lipinski definition) is 0. The molecule has 1 aliphatic rings. The third-order valence-corrected chi connectivity index (χ3v) is 3.83. The van der Waals surface area contributed by atoms with Crippen LogP contribution >= 0.6 is 0 Å². The maximum absolute atomic E-state index is 12.6. The summed E-state index contributed by atoms with van der Waals surface area (Å²) >= 11 is 0. The molecule has 0 spiro atoms. The summed E-state index contributed by atoms with van der Waals surface area (Å²) < 4.78 is 10.4. The predicted molar refractivity (Wildman–Crippen MR) is 77.2 cm³/mol. The van der Waals surface area contributed by atoms with Crippen molar-refractivity contribution in [3.8, 4) is 5.75 Å². The van der Waals surface area contributed by atoms with Crippen LogP contribution in [0.2, 0.25) is 0 Å². The number of hydrogen-bond acceptors (Lipinski definition) is 4. The Morgan fingerprint density at radius 1 is 1.43 bits per heavy atom. The van der Waals surface area contributed by atoms with Crippen LogP contribution in [-0.2, 0) is 0 Å². The number of aryl methyl sites for hydroxylation is 1. The van der Waals surface area contributed by atoms with E-state index in [0.29, 0.717) is 5.76 Å². The van der Waals surface area contributed by atoms with Gasteiger partial charge in [-0.1, -0.05) is 17.3 Å². The zero-order chi connectivity index (χ0) is 14.8. The summed E-state index contributed by atoms with van der Waals surface area (Å²) in [6, 6.07) is 9.63. The maximum Gasteiger partial charge on any atom is 0.292 e. The fourth-order valence-corrected chi connectivity index (χ4v) is 2.81. The minimum absolute atomic E-state index is 0.0676. The molecule has 110 valence electrons. The van der Waals surface area contributed by atoms with Gasteiger partial charge in [0.1, 0.15) is 5.75 Å². The number of rotatable bonds is 3. The molecular formula is C16H18N2O3. The molecule has 0 bridgehead atoms. The summed E-state index contributed by atoms with van der Waals surface area (Å²) in [6.07, 6.45) is 1.94. The van der Waals surface area contributed by atoms with Gasteiger partial charge in [0.25, 0.3) is 5.91 Å². The van der Waals surface area contributed by atoms with E-state index in [1.807, 2.05) is 36.1 Å². The Morgan fingerprint density at radius 2 is 2.29 bits per heavy atom. The Morgan fingerprint density at radius 3 is 3.00 bits per heavy atom. The van der Waals surface area contributed by atoms with Crippen molar-refractivity contribution in [3.05, 3.63) is 47.3 Å². The number of aromatic nitrogens is 1. The molecule has 0 saturated carbocycles. The quantitative estimate of drug-likeness (QED) is 0.870. The molecule has 1 aromatic carbocycles. The third kappa shape index (κ3) is 2.63. The topological polar surface area (TPSA) is 55.6 Å². The van der Waals surface area contributed by atoms with Crippen molar-refractivity contribution >= 4 is 5.91 Å². The van der Waals surface area contributed by atoms with Crippen LogP contribution < -0.4 is 4.74 Å². The minimum Gasteiger partial charge on any atom is -0.497 e. The van der Waals surface area contributed by atoms with E-state index in [9.17, 15) is 4.79 Å². The van der Waals surface area contributed by atoms with Crippen molar-refractivity contribution in [1.82, 2.24) is 10.1 Å². The smallest absolute Gasteiger partial charge is 0.292 e. The average molecular weight is 286 g/mol. The molecule has 5 nitrogen and oxygen atoms in total. The molecule has 1 amide bonds. The molecule has 5 heteroatoms. The fraction of sp³-hybridized carbons (Fsp3) is 0.375. The van der Waals surface area contributed by atoms with E-state index < -0.39 is 0 Å². The first-order chi connectivity index (χ1) is 10.2. The SMILES string of the molecule is COc1cccc([C@H]2CCCN2C(=O)c2cc(C)no2)c1. The monoisotopic (exact) mass is 286 g/mol. The number of amides is 1. The highest BCUT2D eigenvalue weighted by molar-refractivity contribution is 5.92. The summed E-state index contributed by atoms with van der Waals surface area (Å²) in [4.78, 5) is 14.4. The van der Waals surface area contributed by atoms with Crippen LogP contribution in [0.25, 0.3) is 0 Å². The van der Waals surface area contributed by atoms with Gasteiger partial charge in [-0.2, -0.15) is 0 Å². The van der Waals surface area contributed by atoms with Crippen molar-refractivity contribution in [2.75, 3.05) is 13.7 Å². The van der Waals surface area contributed by atoms with E-state index in [4.69, 9.17) is 9.26 Å². The number of carbonyl (C=O) groups excluding carboxylic acids is 1. The van der Waals surface area contributed by atoms with Gasteiger partial charge in [0, 0.05) is 12.6 Å². The molecule has 2 heterocycles. The Bertz CT molecular complexity index is 650. The second-order valence-corrected chi connectivity index (χ2v) is 5.27. The lowest BCUT2D eigenvalue weighted by Crippen LogP contribution is -2.30. The Balaban J connectivity index is 1.86. The number of nitrogens with zero attached hydrogens (tertiary/aromatic N) is 2. The van der Waals surface area contributed by atoms with Gasteiger partial charge < -0.3 is 14.2 Å². The highest BCUT2D eigenvalue weighted by atomic mass is 16.5. The van der Waals surface area contributed by atoms with Gasteiger partial charge in [-0.15, -0.1) is 0 Å². The highest BCUT2D eigenvalue weighted by Crippen LogP contribution is 2.34. The van der Waals surface area contributed by atoms with E-state index >= 15 is 0 Å². The Labute approximate surface area is 123 Å². The molecule has 1 aromatic heterocycles. The standard InChI is InChI=1S/C16H18N2O3/c1-11-9-15(21-17-11)16(19)18-8-4-7-14(18)12-5-3-6-13(10-12)20-2/h3,5-6,9-10,14H,4,7-8H2,1-2H3/t14-/m1/s1. The van der Waals surface area contributed by atoms with Crippen molar-refractivity contribution in [2.24, 2.45) is 0 Å². The summed E-state index contributed by atoms with van der Waals surface area (Å²) in [5.41, 5.74) is 1.81. The first-order valence-corrected chi connectivity index (χ1v) is 7.07. The number of benzene rings is 1. The van der Waals surface area contributed by atoms with Gasteiger partial charge in [0.2, 0.25) is 5.76 Å². The van der Waals surface area contributed by atoms with Crippen LogP contribution in [0.5, 0.6) is 5.75 Å². The number of ether oxygens (including phenoxy) is 1. The van der Waals surface area contributed by atoms with E-state index in [-0.39, 0.29) is 11.9 Å². The van der Waals surface area contributed by atoms with E-state index in [2.05, 4.69) is 5.16 Å². The van der Waals surface area contributed by atoms with E-state index in [0.717, 1.165) is 36.4 Å². The first kappa shape index (κ1) is 13.7. The predicted octanol–water partition coefficient (Wildman–Crippen LogP) is 2.97. The van der Waals surface area contributed by atoms with Crippen molar-refractivity contribution in [1.29, 1.82) is 0 Å². The Hall–Kier alpha value is -2.30. The first-order valence-electron chi connectivity index (χ1n) is 7.07. The summed E-state index contributed by atoms with van der Waals surface area (Å²) in [7, 11) is 1.65. The molecule has 2 aromatic rings. The lowest BCUT2D eigenvalue weighted by atomic mass is 10.0. The molecule has 1 aliphatic heterocycles. The second-order valence-electron chi connectivity index (χ2n) is 5.27. The zero-order valence-electron chi connectivity index (χ0n) is 12.2. The van der Waals surface area contributed by atoms with Crippen LogP contribution in [0, 0.1) is 6.92 Å². The molecule has 0 radical (unpaired) electrons. The van der Waals surface area contributed by atoms with Gasteiger partial charge in [-0.25, -0.2) is 0 Å². The summed E-state index contributed by atoms with van der Waals surface area (Å²) in [5, 5.41) is 3.79. The molecule has 0 N–H and O–H groups in total. The van der Waals surface area contributed by atoms with Crippen molar-refractivity contribution in [2.45, 2.75) is 25.8 Å². The molecule has 21 heavy (non-hydrogen) atoms. The molecule has 1 atom stereocenters. The third-order valence-electron chi connectivity index (χ3n) is 3.83. The summed E-state index contributed by atoms with van der Waals surface area (Å²) in [5.74, 6) is 1.02. The van der Waals surface area contributed by atoms with Gasteiger partial charge in [-0.05, 0) is 37.5 Å². The van der Waals surface area contributed by atoms with Gasteiger partial charge >= 0.3 is 0 Å². The van der Waals surface area contributed by atoms with Gasteiger partial charge in [0.15, 0.2) is 0 Å². The lowest BCUT2D eigenvalue weighted by Gasteiger charge is -2.24. The highest BCUT2D eigenvalue weighted by Gasteiger charge is 2.32. The molecule has 1 saturated heterocycles. The normalized spacial score (nSPS) is 18.0. The van der Waals surface area contributed by atoms with Crippen LogP contribution in [-0.4, -0.2) is 29.6 Å². The maximum atomic E-state index is 12.6. The molecule has 0 aliphatic carbocycles. The summed E-state index contributed by atoms with van der Waals surface area (Å²) in [6.45, 7) is 2.55. The molecular weight excluding hydrogens is 268 g/mol. The fourth-order valence-electron chi connectivity index (χ4n) is 2.81. The van der Waals surface area contributed by atoms with Gasteiger partial charge in [-0.3, -0.25) is 4.79 Å². The van der Waals surface area contributed by atoms with E-state index in [1.54, 1.807) is 13.2 Å². The van der Waals surface area contributed by atoms with Crippen molar-refractivity contribution in [3.63, 3.8) is 0 Å². The largest absolute Gasteiger partial charge is 0.497 e.